The van der Waals surface area contributed by atoms with Crippen molar-refractivity contribution in [3.63, 3.8) is 0 Å². The van der Waals surface area contributed by atoms with Crippen molar-refractivity contribution in [3.8, 4) is 0 Å². The van der Waals surface area contributed by atoms with Crippen molar-refractivity contribution < 1.29 is 13.2 Å². The fraction of sp³-hybridized carbons (Fsp3) is 0.444. The van der Waals surface area contributed by atoms with E-state index in [0.29, 0.717) is 4.21 Å². The smallest absolute Gasteiger partial charge is 0.263 e. The van der Waals surface area contributed by atoms with E-state index >= 15 is 0 Å². The first-order chi connectivity index (χ1) is 7.82. The molecule has 1 aromatic rings. The second kappa shape index (κ2) is 5.28. The minimum absolute atomic E-state index is 0.0489. The maximum Gasteiger partial charge on any atom is 0.263 e. The number of nitrogens with two attached hydrogens (primary N) is 1. The van der Waals surface area contributed by atoms with Gasteiger partial charge in [-0.1, -0.05) is 6.92 Å². The molecule has 0 radical (unpaired) electrons. The van der Waals surface area contributed by atoms with Crippen LogP contribution in [0.2, 0.25) is 0 Å². The fourth-order valence-electron chi connectivity index (χ4n) is 1.27. The number of rotatable bonds is 4. The van der Waals surface area contributed by atoms with Gasteiger partial charge >= 0.3 is 0 Å². The molecule has 0 saturated carbocycles. The van der Waals surface area contributed by atoms with Crippen LogP contribution in [-0.2, 0) is 9.84 Å². The molecule has 1 aromatic heterocycles. The Hall–Kier alpha value is -0.730. The van der Waals surface area contributed by atoms with Gasteiger partial charge in [0.05, 0.1) is 9.90 Å². The molecule has 8 heteroatoms. The van der Waals surface area contributed by atoms with Crippen LogP contribution < -0.4 is 11.1 Å². The van der Waals surface area contributed by atoms with Gasteiger partial charge in [0.2, 0.25) is 0 Å². The zero-order valence-corrected chi connectivity index (χ0v) is 12.2. The Morgan fingerprint density at radius 3 is 2.53 bits per heavy atom. The molecule has 0 fully saturated rings. The summed E-state index contributed by atoms with van der Waals surface area (Å²) in [4.78, 5) is 11.9. The second-order valence-electron chi connectivity index (χ2n) is 3.25. The van der Waals surface area contributed by atoms with Crippen molar-refractivity contribution in [2.24, 2.45) is 0 Å². The molecule has 3 N–H and O–H groups in total. The number of hydrogen-bond donors (Lipinski definition) is 2. The van der Waals surface area contributed by atoms with Gasteiger partial charge in [-0.15, -0.1) is 23.1 Å². The third kappa shape index (κ3) is 2.93. The molecule has 96 valence electrons. The lowest BCUT2D eigenvalue weighted by Gasteiger charge is -2.01. The molecule has 0 aromatic carbocycles. The van der Waals surface area contributed by atoms with Gasteiger partial charge in [-0.2, -0.15) is 0 Å². The number of anilines is 1. The lowest BCUT2D eigenvalue weighted by Crippen LogP contribution is -2.18. The normalized spacial score (nSPS) is 11.5. The summed E-state index contributed by atoms with van der Waals surface area (Å²) in [7, 11) is -1.94. The first kappa shape index (κ1) is 14.3. The Bertz CT molecular complexity index is 534. The van der Waals surface area contributed by atoms with Crippen LogP contribution in [0.25, 0.3) is 0 Å². The highest BCUT2D eigenvalue weighted by Gasteiger charge is 2.26. The Morgan fingerprint density at radius 2 is 2.12 bits per heavy atom. The summed E-state index contributed by atoms with van der Waals surface area (Å²) < 4.78 is 23.9. The molecule has 0 spiro atoms. The number of nitrogens with one attached hydrogen (secondary N) is 1. The molecule has 0 bridgehead atoms. The molecule has 0 unspecified atom stereocenters. The average molecular weight is 294 g/mol. The van der Waals surface area contributed by atoms with E-state index in [4.69, 9.17) is 5.73 Å². The summed E-state index contributed by atoms with van der Waals surface area (Å²) in [5.74, 6) is 0.357. The van der Waals surface area contributed by atoms with Crippen LogP contribution in [0.15, 0.2) is 9.10 Å². The second-order valence-corrected chi connectivity index (χ2v) is 7.75. The van der Waals surface area contributed by atoms with Crippen molar-refractivity contribution in [1.29, 1.82) is 0 Å². The predicted molar refractivity (Wildman–Crippen MR) is 71.6 cm³/mol. The highest BCUT2D eigenvalue weighted by atomic mass is 32.2. The SMILES string of the molecule is CCSc1sc(C(=O)NC)c(N)c1S(C)(=O)=O. The number of carbonyl (C=O) groups is 1. The first-order valence-electron chi connectivity index (χ1n) is 4.80. The van der Waals surface area contributed by atoms with Crippen LogP contribution >= 0.6 is 23.1 Å². The summed E-state index contributed by atoms with van der Waals surface area (Å²) in [6.07, 6.45) is 1.10. The van der Waals surface area contributed by atoms with E-state index in [2.05, 4.69) is 5.32 Å². The number of thiophene rings is 1. The van der Waals surface area contributed by atoms with E-state index in [0.717, 1.165) is 23.3 Å². The van der Waals surface area contributed by atoms with Crippen LogP contribution in [0, 0.1) is 0 Å². The third-order valence-corrected chi connectivity index (χ3v) is 5.73. The zero-order valence-electron chi connectivity index (χ0n) is 9.73. The number of hydrogen-bond acceptors (Lipinski definition) is 6. The van der Waals surface area contributed by atoms with Crippen LogP contribution in [0.5, 0.6) is 0 Å². The molecule has 0 saturated heterocycles. The molecule has 0 aliphatic rings. The Morgan fingerprint density at radius 1 is 1.53 bits per heavy atom. The molecule has 1 heterocycles. The summed E-state index contributed by atoms with van der Waals surface area (Å²) in [6.45, 7) is 1.91. The van der Waals surface area contributed by atoms with Gasteiger partial charge in [-0.25, -0.2) is 8.42 Å². The number of nitrogen functional groups attached to an aromatic ring is 1. The minimum atomic E-state index is -3.42. The summed E-state index contributed by atoms with van der Waals surface area (Å²) >= 11 is 2.49. The quantitative estimate of drug-likeness (QED) is 0.815. The third-order valence-electron chi connectivity index (χ3n) is 1.95. The topological polar surface area (TPSA) is 89.3 Å². The summed E-state index contributed by atoms with van der Waals surface area (Å²) in [5.41, 5.74) is 5.80. The molecule has 0 atom stereocenters. The van der Waals surface area contributed by atoms with Crippen LogP contribution in [0.4, 0.5) is 5.69 Å². The van der Waals surface area contributed by atoms with Crippen LogP contribution in [-0.4, -0.2) is 33.4 Å². The molecular weight excluding hydrogens is 280 g/mol. The largest absolute Gasteiger partial charge is 0.396 e. The first-order valence-corrected chi connectivity index (χ1v) is 8.49. The summed E-state index contributed by atoms with van der Waals surface area (Å²) in [6, 6.07) is 0. The number of carbonyl (C=O) groups excluding carboxylic acids is 1. The average Bonchev–Trinajstić information content (AvgIpc) is 2.54. The minimum Gasteiger partial charge on any atom is -0.396 e. The van der Waals surface area contributed by atoms with E-state index in [-0.39, 0.29) is 21.4 Å². The van der Waals surface area contributed by atoms with E-state index < -0.39 is 9.84 Å². The number of thioether (sulfide) groups is 1. The van der Waals surface area contributed by atoms with E-state index in [1.165, 1.54) is 18.8 Å². The lowest BCUT2D eigenvalue weighted by molar-refractivity contribution is 0.0968. The maximum atomic E-state index is 11.7. The van der Waals surface area contributed by atoms with Gasteiger partial charge in [0.15, 0.2) is 9.84 Å². The van der Waals surface area contributed by atoms with Crippen molar-refractivity contribution >= 4 is 44.5 Å². The molecule has 0 aliphatic carbocycles. The van der Waals surface area contributed by atoms with Crippen molar-refractivity contribution in [3.05, 3.63) is 4.88 Å². The van der Waals surface area contributed by atoms with Crippen LogP contribution in [0.3, 0.4) is 0 Å². The zero-order chi connectivity index (χ0) is 13.2. The van der Waals surface area contributed by atoms with Gasteiger partial charge < -0.3 is 11.1 Å². The maximum absolute atomic E-state index is 11.7. The van der Waals surface area contributed by atoms with Crippen LogP contribution in [0.1, 0.15) is 16.6 Å². The monoisotopic (exact) mass is 294 g/mol. The molecule has 5 nitrogen and oxygen atoms in total. The predicted octanol–water partition coefficient (Wildman–Crippen LogP) is 1.21. The van der Waals surface area contributed by atoms with Gasteiger partial charge in [0.25, 0.3) is 5.91 Å². The Labute approximate surface area is 109 Å². The fourth-order valence-corrected chi connectivity index (χ4v) is 5.48. The van der Waals surface area contributed by atoms with Gasteiger partial charge in [-0.3, -0.25) is 4.79 Å². The standard InChI is InChI=1S/C9H14N2O3S3/c1-4-15-9-7(17(3,13)14)5(10)6(16-9)8(12)11-2/h4,10H2,1-3H3,(H,11,12). The van der Waals surface area contributed by atoms with E-state index in [9.17, 15) is 13.2 Å². The Kier molecular flexibility index (Phi) is 4.45. The van der Waals surface area contributed by atoms with Crippen molar-refractivity contribution in [2.75, 3.05) is 24.8 Å². The van der Waals surface area contributed by atoms with Gasteiger partial charge in [0, 0.05) is 13.3 Å². The molecule has 1 amide bonds. The van der Waals surface area contributed by atoms with Gasteiger partial charge in [-0.05, 0) is 5.75 Å². The number of amides is 1. The molecule has 0 aliphatic heterocycles. The van der Waals surface area contributed by atoms with E-state index in [1.807, 2.05) is 6.92 Å². The highest BCUT2D eigenvalue weighted by molar-refractivity contribution is 8.02. The molecular formula is C9H14N2O3S3. The van der Waals surface area contributed by atoms with Gasteiger partial charge in [0.1, 0.15) is 9.77 Å². The lowest BCUT2D eigenvalue weighted by atomic mass is 10.4. The molecule has 1 rings (SSSR count). The highest BCUT2D eigenvalue weighted by Crippen LogP contribution is 2.40. The number of sulfone groups is 1. The van der Waals surface area contributed by atoms with Crippen molar-refractivity contribution in [2.45, 2.75) is 16.0 Å². The molecule has 17 heavy (non-hydrogen) atoms. The van der Waals surface area contributed by atoms with E-state index in [1.54, 1.807) is 0 Å². The Balaban J connectivity index is 3.46. The summed E-state index contributed by atoms with van der Waals surface area (Å²) in [5, 5.41) is 2.44. The van der Waals surface area contributed by atoms with Crippen molar-refractivity contribution in [1.82, 2.24) is 5.32 Å².